The number of anilines is 1. The van der Waals surface area contributed by atoms with E-state index in [0.717, 1.165) is 24.3 Å². The highest BCUT2D eigenvalue weighted by Crippen LogP contribution is 2.34. The minimum atomic E-state index is -0.166. The first kappa shape index (κ1) is 21.8. The van der Waals surface area contributed by atoms with Gasteiger partial charge in [0.25, 0.3) is 5.91 Å². The lowest BCUT2D eigenvalue weighted by atomic mass is 10.1. The quantitative estimate of drug-likeness (QED) is 0.531. The predicted molar refractivity (Wildman–Crippen MR) is 123 cm³/mol. The summed E-state index contributed by atoms with van der Waals surface area (Å²) in [6.45, 7) is 4.33. The summed E-state index contributed by atoms with van der Waals surface area (Å²) in [5.41, 5.74) is 1.18. The second-order valence-corrected chi connectivity index (χ2v) is 8.51. The molecule has 2 heterocycles. The number of rotatable bonds is 7. The Labute approximate surface area is 190 Å². The molecule has 1 aliphatic rings. The fraction of sp³-hybridized carbons (Fsp3) is 0.364. The van der Waals surface area contributed by atoms with Gasteiger partial charge in [-0.1, -0.05) is 29.0 Å². The van der Waals surface area contributed by atoms with Gasteiger partial charge >= 0.3 is 0 Å². The van der Waals surface area contributed by atoms with Gasteiger partial charge in [0.15, 0.2) is 5.13 Å². The number of thiazole rings is 1. The van der Waals surface area contributed by atoms with E-state index in [1.54, 1.807) is 43.4 Å². The van der Waals surface area contributed by atoms with E-state index in [4.69, 9.17) is 30.8 Å². The molecule has 0 atom stereocenters. The Kier molecular flexibility index (Phi) is 6.92. The van der Waals surface area contributed by atoms with Crippen molar-refractivity contribution in [3.63, 3.8) is 0 Å². The molecule has 0 saturated carbocycles. The van der Waals surface area contributed by atoms with Crippen LogP contribution in [0.2, 0.25) is 5.02 Å². The summed E-state index contributed by atoms with van der Waals surface area (Å²) in [6, 6.07) is 10.8. The molecule has 0 spiro atoms. The number of hydrogen-bond donors (Lipinski definition) is 0. The minimum Gasteiger partial charge on any atom is -0.497 e. The SMILES string of the molecule is COc1cc(OC)cc(C(=O)N(CCN2CCOCC2)c2nc3c(Cl)cccc3s2)c1. The fourth-order valence-corrected chi connectivity index (χ4v) is 4.75. The molecule has 1 aliphatic heterocycles. The zero-order valence-corrected chi connectivity index (χ0v) is 19.0. The molecule has 7 nitrogen and oxygen atoms in total. The van der Waals surface area contributed by atoms with Crippen LogP contribution >= 0.6 is 22.9 Å². The molecule has 2 aromatic carbocycles. The number of fused-ring (bicyclic) bond motifs is 1. The van der Waals surface area contributed by atoms with Crippen LogP contribution < -0.4 is 14.4 Å². The first-order chi connectivity index (χ1) is 15.1. The van der Waals surface area contributed by atoms with Crippen molar-refractivity contribution in [1.29, 1.82) is 0 Å². The Bertz CT molecular complexity index is 1050. The largest absolute Gasteiger partial charge is 0.497 e. The number of morpholine rings is 1. The third-order valence-electron chi connectivity index (χ3n) is 5.18. The third kappa shape index (κ3) is 4.93. The van der Waals surface area contributed by atoms with E-state index in [9.17, 15) is 4.79 Å². The molecule has 0 unspecified atom stereocenters. The Morgan fingerprint density at radius 1 is 1.19 bits per heavy atom. The second kappa shape index (κ2) is 9.82. The molecule has 0 bridgehead atoms. The van der Waals surface area contributed by atoms with Gasteiger partial charge in [0.05, 0.1) is 37.2 Å². The van der Waals surface area contributed by atoms with E-state index in [1.807, 2.05) is 12.1 Å². The van der Waals surface area contributed by atoms with Gasteiger partial charge in [0.1, 0.15) is 17.0 Å². The number of para-hydroxylation sites is 1. The summed E-state index contributed by atoms with van der Waals surface area (Å²) in [6.07, 6.45) is 0. The van der Waals surface area contributed by atoms with Gasteiger partial charge in [-0.25, -0.2) is 4.98 Å². The lowest BCUT2D eigenvalue weighted by Crippen LogP contribution is -2.43. The Morgan fingerprint density at radius 2 is 1.90 bits per heavy atom. The van der Waals surface area contributed by atoms with Crippen LogP contribution in [-0.2, 0) is 4.74 Å². The highest BCUT2D eigenvalue weighted by Gasteiger charge is 2.24. The van der Waals surface area contributed by atoms with Crippen LogP contribution in [0.15, 0.2) is 36.4 Å². The zero-order valence-electron chi connectivity index (χ0n) is 17.5. The first-order valence-corrected chi connectivity index (χ1v) is 11.2. The number of aromatic nitrogens is 1. The molecule has 9 heteroatoms. The highest BCUT2D eigenvalue weighted by molar-refractivity contribution is 7.22. The Balaban J connectivity index is 1.68. The number of nitrogens with zero attached hydrogens (tertiary/aromatic N) is 3. The lowest BCUT2D eigenvalue weighted by Gasteiger charge is -2.29. The minimum absolute atomic E-state index is 0.166. The molecule has 4 rings (SSSR count). The van der Waals surface area contributed by atoms with E-state index < -0.39 is 0 Å². The van der Waals surface area contributed by atoms with Crippen molar-refractivity contribution in [1.82, 2.24) is 9.88 Å². The monoisotopic (exact) mass is 461 g/mol. The summed E-state index contributed by atoms with van der Waals surface area (Å²) in [4.78, 5) is 22.3. The molecule has 1 amide bonds. The van der Waals surface area contributed by atoms with Gasteiger partial charge in [-0.3, -0.25) is 14.6 Å². The van der Waals surface area contributed by atoms with Crippen molar-refractivity contribution >= 4 is 44.2 Å². The van der Waals surface area contributed by atoms with Crippen LogP contribution in [0.25, 0.3) is 10.2 Å². The van der Waals surface area contributed by atoms with Gasteiger partial charge < -0.3 is 14.2 Å². The first-order valence-electron chi connectivity index (χ1n) is 9.99. The maximum absolute atomic E-state index is 13.6. The fourth-order valence-electron chi connectivity index (χ4n) is 3.46. The third-order valence-corrected chi connectivity index (χ3v) is 6.53. The van der Waals surface area contributed by atoms with Gasteiger partial charge in [-0.15, -0.1) is 0 Å². The maximum atomic E-state index is 13.6. The average molecular weight is 462 g/mol. The topological polar surface area (TPSA) is 64.1 Å². The van der Waals surface area contributed by atoms with Crippen LogP contribution in [0.4, 0.5) is 5.13 Å². The molecule has 0 N–H and O–H groups in total. The van der Waals surface area contributed by atoms with Crippen molar-refractivity contribution in [2.75, 3.05) is 58.5 Å². The van der Waals surface area contributed by atoms with Gasteiger partial charge in [-0.2, -0.15) is 0 Å². The van der Waals surface area contributed by atoms with Crippen molar-refractivity contribution in [2.24, 2.45) is 0 Å². The summed E-state index contributed by atoms with van der Waals surface area (Å²) in [5.74, 6) is 0.951. The van der Waals surface area contributed by atoms with E-state index in [-0.39, 0.29) is 5.91 Å². The average Bonchev–Trinajstić information content (AvgIpc) is 3.24. The highest BCUT2D eigenvalue weighted by atomic mass is 35.5. The van der Waals surface area contributed by atoms with Crippen molar-refractivity contribution in [3.05, 3.63) is 47.0 Å². The predicted octanol–water partition coefficient (Wildman–Crippen LogP) is 3.95. The number of carbonyl (C=O) groups excluding carboxylic acids is 1. The van der Waals surface area contributed by atoms with Crippen LogP contribution in [0, 0.1) is 0 Å². The number of methoxy groups -OCH3 is 2. The maximum Gasteiger partial charge on any atom is 0.260 e. The zero-order chi connectivity index (χ0) is 21.8. The number of benzene rings is 2. The van der Waals surface area contributed by atoms with Crippen LogP contribution in [0.5, 0.6) is 11.5 Å². The Morgan fingerprint density at radius 3 is 2.55 bits per heavy atom. The van der Waals surface area contributed by atoms with Crippen molar-refractivity contribution < 1.29 is 19.0 Å². The van der Waals surface area contributed by atoms with Gasteiger partial charge in [0, 0.05) is 37.8 Å². The summed E-state index contributed by atoms with van der Waals surface area (Å²) in [5, 5.41) is 1.19. The molecule has 1 saturated heterocycles. The molecule has 31 heavy (non-hydrogen) atoms. The van der Waals surface area contributed by atoms with Crippen molar-refractivity contribution in [3.8, 4) is 11.5 Å². The molecule has 3 aromatic rings. The van der Waals surface area contributed by atoms with Crippen LogP contribution in [0.1, 0.15) is 10.4 Å². The molecular formula is C22H24ClN3O4S. The number of halogens is 1. The molecule has 1 fully saturated rings. The Hall–Kier alpha value is -2.39. The van der Waals surface area contributed by atoms with E-state index >= 15 is 0 Å². The normalized spacial score (nSPS) is 14.5. The van der Waals surface area contributed by atoms with Gasteiger partial charge in [0.2, 0.25) is 0 Å². The number of ether oxygens (including phenoxy) is 3. The van der Waals surface area contributed by atoms with Crippen LogP contribution in [-0.4, -0.2) is 69.4 Å². The molecule has 0 aliphatic carbocycles. The molecular weight excluding hydrogens is 438 g/mol. The smallest absolute Gasteiger partial charge is 0.260 e. The summed E-state index contributed by atoms with van der Waals surface area (Å²) < 4.78 is 17.1. The standard InChI is InChI=1S/C22H24ClN3O4S/c1-28-16-12-15(13-17(14-16)29-2)21(27)26(7-6-25-8-10-30-11-9-25)22-24-20-18(23)4-3-5-19(20)31-22/h3-5,12-14H,6-11H2,1-2H3. The summed E-state index contributed by atoms with van der Waals surface area (Å²) in [7, 11) is 3.13. The molecule has 164 valence electrons. The van der Waals surface area contributed by atoms with E-state index in [2.05, 4.69) is 4.90 Å². The second-order valence-electron chi connectivity index (χ2n) is 7.10. The number of hydrogen-bond acceptors (Lipinski definition) is 7. The van der Waals surface area contributed by atoms with E-state index in [1.165, 1.54) is 11.3 Å². The molecule has 1 aromatic heterocycles. The van der Waals surface area contributed by atoms with Crippen molar-refractivity contribution in [2.45, 2.75) is 0 Å². The number of amides is 1. The number of carbonyl (C=O) groups is 1. The lowest BCUT2D eigenvalue weighted by molar-refractivity contribution is 0.0391. The van der Waals surface area contributed by atoms with Gasteiger partial charge in [-0.05, 0) is 24.3 Å². The molecule has 0 radical (unpaired) electrons. The summed E-state index contributed by atoms with van der Waals surface area (Å²) >= 11 is 7.79. The van der Waals surface area contributed by atoms with Crippen LogP contribution in [0.3, 0.4) is 0 Å². The van der Waals surface area contributed by atoms with E-state index in [0.29, 0.717) is 52.5 Å².